The first-order valence-electron chi connectivity index (χ1n) is 9.93. The maximum absolute atomic E-state index is 13.4. The third-order valence-electron chi connectivity index (χ3n) is 5.29. The number of carbonyl (C=O) groups is 1. The predicted octanol–water partition coefficient (Wildman–Crippen LogP) is 3.97. The van der Waals surface area contributed by atoms with E-state index in [0.29, 0.717) is 11.4 Å². The third kappa shape index (κ3) is 5.16. The van der Waals surface area contributed by atoms with E-state index in [1.807, 2.05) is 13.0 Å². The van der Waals surface area contributed by atoms with Gasteiger partial charge in [0.1, 0.15) is 5.75 Å². The van der Waals surface area contributed by atoms with Crippen LogP contribution >= 0.6 is 0 Å². The third-order valence-corrected chi connectivity index (χ3v) is 7.20. The minimum absolute atomic E-state index is 0.168. The van der Waals surface area contributed by atoms with Crippen molar-refractivity contribution in [2.24, 2.45) is 0 Å². The van der Waals surface area contributed by atoms with Gasteiger partial charge in [0, 0.05) is 6.04 Å². The number of amides is 1. The highest BCUT2D eigenvalue weighted by atomic mass is 32.2. The summed E-state index contributed by atoms with van der Waals surface area (Å²) in [6.45, 7) is 1.69. The Hall–Kier alpha value is -2.38. The van der Waals surface area contributed by atoms with Crippen LogP contribution in [0.5, 0.6) is 5.75 Å². The summed E-state index contributed by atoms with van der Waals surface area (Å²) in [5.74, 6) is 0.155. The lowest BCUT2D eigenvalue weighted by molar-refractivity contribution is -0.116. The second-order valence-corrected chi connectivity index (χ2v) is 9.29. The molecule has 2 aromatic rings. The van der Waals surface area contributed by atoms with Crippen LogP contribution in [-0.2, 0) is 14.8 Å². The lowest BCUT2D eigenvalue weighted by Gasteiger charge is -2.33. The molecule has 0 unspecified atom stereocenters. The van der Waals surface area contributed by atoms with Crippen LogP contribution in [0.1, 0.15) is 37.7 Å². The number of ether oxygens (including phenoxy) is 1. The van der Waals surface area contributed by atoms with Crippen molar-refractivity contribution in [3.63, 3.8) is 0 Å². The van der Waals surface area contributed by atoms with Crippen molar-refractivity contribution in [2.75, 3.05) is 19.0 Å². The van der Waals surface area contributed by atoms with Gasteiger partial charge in [-0.05, 0) is 44.0 Å². The number of nitrogens with zero attached hydrogens (tertiary/aromatic N) is 1. The molecule has 156 valence electrons. The Morgan fingerprint density at radius 1 is 1.07 bits per heavy atom. The first-order chi connectivity index (χ1) is 13.9. The molecule has 0 spiro atoms. The molecule has 0 bridgehead atoms. The molecule has 29 heavy (non-hydrogen) atoms. The Balaban J connectivity index is 1.85. The van der Waals surface area contributed by atoms with E-state index in [9.17, 15) is 13.2 Å². The average molecular weight is 417 g/mol. The summed E-state index contributed by atoms with van der Waals surface area (Å²) in [4.78, 5) is 13.0. The van der Waals surface area contributed by atoms with Gasteiger partial charge in [-0.2, -0.15) is 4.31 Å². The highest BCUT2D eigenvalue weighted by Crippen LogP contribution is 2.28. The summed E-state index contributed by atoms with van der Waals surface area (Å²) in [6, 6.07) is 13.7. The van der Waals surface area contributed by atoms with E-state index in [-0.39, 0.29) is 23.4 Å². The zero-order valence-electron chi connectivity index (χ0n) is 16.9. The van der Waals surface area contributed by atoms with Gasteiger partial charge in [-0.25, -0.2) is 8.42 Å². The highest BCUT2D eigenvalue weighted by molar-refractivity contribution is 7.89. The number of hydrogen-bond donors (Lipinski definition) is 1. The first-order valence-corrected chi connectivity index (χ1v) is 11.4. The van der Waals surface area contributed by atoms with Crippen molar-refractivity contribution < 1.29 is 17.9 Å². The normalized spacial score (nSPS) is 15.3. The highest BCUT2D eigenvalue weighted by Gasteiger charge is 2.34. The molecule has 1 aliphatic rings. The van der Waals surface area contributed by atoms with Gasteiger partial charge in [0.15, 0.2) is 0 Å². The molecule has 3 rings (SSSR count). The second kappa shape index (κ2) is 9.41. The van der Waals surface area contributed by atoms with Crippen molar-refractivity contribution in [2.45, 2.75) is 50.0 Å². The zero-order valence-corrected chi connectivity index (χ0v) is 17.7. The van der Waals surface area contributed by atoms with Gasteiger partial charge < -0.3 is 10.1 Å². The predicted molar refractivity (Wildman–Crippen MR) is 114 cm³/mol. The summed E-state index contributed by atoms with van der Waals surface area (Å²) >= 11 is 0. The van der Waals surface area contributed by atoms with Gasteiger partial charge in [-0.15, -0.1) is 0 Å². The van der Waals surface area contributed by atoms with E-state index >= 15 is 0 Å². The maximum Gasteiger partial charge on any atom is 0.243 e. The molecular weight excluding hydrogens is 388 g/mol. The summed E-state index contributed by atoms with van der Waals surface area (Å²) in [7, 11) is -2.25. The number of anilines is 1. The van der Waals surface area contributed by atoms with Crippen molar-refractivity contribution in [1.82, 2.24) is 4.31 Å². The van der Waals surface area contributed by atoms with Crippen LogP contribution in [-0.4, -0.2) is 38.3 Å². The van der Waals surface area contributed by atoms with Crippen LogP contribution in [0.25, 0.3) is 0 Å². The molecule has 1 amide bonds. The number of para-hydroxylation sites is 2. The number of aryl methyl sites for hydroxylation is 1. The molecule has 2 aromatic carbocycles. The number of sulfonamides is 1. The molecule has 0 radical (unpaired) electrons. The number of carbonyl (C=O) groups excluding carboxylic acids is 1. The molecule has 1 aliphatic carbocycles. The van der Waals surface area contributed by atoms with Gasteiger partial charge in [0.25, 0.3) is 0 Å². The maximum atomic E-state index is 13.4. The van der Waals surface area contributed by atoms with Crippen molar-refractivity contribution in [3.8, 4) is 5.75 Å². The standard InChI is InChI=1S/C22H28N2O4S/c1-17-12-14-19(15-13-17)29(26,27)24(18-8-4-3-5-9-18)16-22(25)23-20-10-6-7-11-21(20)28-2/h6-7,10-15,18H,3-5,8-9,16H2,1-2H3,(H,23,25). The van der Waals surface area contributed by atoms with Gasteiger partial charge >= 0.3 is 0 Å². The molecule has 1 saturated carbocycles. The second-order valence-electron chi connectivity index (χ2n) is 7.40. The van der Waals surface area contributed by atoms with Crippen LogP contribution in [0.15, 0.2) is 53.4 Å². The topological polar surface area (TPSA) is 75.7 Å². The quantitative estimate of drug-likeness (QED) is 0.741. The van der Waals surface area contributed by atoms with Crippen molar-refractivity contribution >= 4 is 21.6 Å². The number of rotatable bonds is 7. The summed E-state index contributed by atoms with van der Waals surface area (Å²) in [5.41, 5.74) is 1.51. The molecule has 0 saturated heterocycles. The molecule has 1 N–H and O–H groups in total. The number of nitrogens with one attached hydrogen (secondary N) is 1. The van der Waals surface area contributed by atoms with Crippen LogP contribution in [0.3, 0.4) is 0 Å². The largest absolute Gasteiger partial charge is 0.495 e. The minimum Gasteiger partial charge on any atom is -0.495 e. The summed E-state index contributed by atoms with van der Waals surface area (Å²) in [6.07, 6.45) is 4.58. The summed E-state index contributed by atoms with van der Waals surface area (Å²) in [5, 5.41) is 2.79. The Bertz CT molecular complexity index is 936. The van der Waals surface area contributed by atoms with Gasteiger partial charge in [-0.3, -0.25) is 4.79 Å². The first kappa shape index (κ1) is 21.3. The van der Waals surface area contributed by atoms with E-state index in [2.05, 4.69) is 5.32 Å². The van der Waals surface area contributed by atoms with Gasteiger partial charge in [0.05, 0.1) is 24.2 Å². The molecule has 0 aromatic heterocycles. The molecule has 6 nitrogen and oxygen atoms in total. The molecule has 7 heteroatoms. The van der Waals surface area contributed by atoms with E-state index in [4.69, 9.17) is 4.74 Å². The molecule has 0 aliphatic heterocycles. The van der Waals surface area contributed by atoms with E-state index < -0.39 is 10.0 Å². The van der Waals surface area contributed by atoms with Crippen LogP contribution in [0.4, 0.5) is 5.69 Å². The van der Waals surface area contributed by atoms with Crippen LogP contribution in [0.2, 0.25) is 0 Å². The zero-order chi connectivity index (χ0) is 20.9. The fourth-order valence-electron chi connectivity index (χ4n) is 3.70. The smallest absolute Gasteiger partial charge is 0.243 e. The minimum atomic E-state index is -3.78. The Morgan fingerprint density at radius 2 is 1.72 bits per heavy atom. The van der Waals surface area contributed by atoms with Crippen LogP contribution in [0, 0.1) is 6.92 Å². The number of methoxy groups -OCH3 is 1. The van der Waals surface area contributed by atoms with E-state index in [1.165, 1.54) is 11.4 Å². The summed E-state index contributed by atoms with van der Waals surface area (Å²) < 4.78 is 33.4. The Labute approximate surface area is 172 Å². The van der Waals surface area contributed by atoms with E-state index in [0.717, 1.165) is 37.7 Å². The SMILES string of the molecule is COc1ccccc1NC(=O)CN(C1CCCCC1)S(=O)(=O)c1ccc(C)cc1. The lowest BCUT2D eigenvalue weighted by atomic mass is 9.95. The molecule has 1 fully saturated rings. The Kier molecular flexibility index (Phi) is 6.92. The van der Waals surface area contributed by atoms with E-state index in [1.54, 1.807) is 42.5 Å². The Morgan fingerprint density at radius 3 is 2.38 bits per heavy atom. The van der Waals surface area contributed by atoms with Crippen molar-refractivity contribution in [3.05, 3.63) is 54.1 Å². The van der Waals surface area contributed by atoms with Gasteiger partial charge in [0.2, 0.25) is 15.9 Å². The number of benzene rings is 2. The average Bonchev–Trinajstić information content (AvgIpc) is 2.73. The molecular formula is C22H28N2O4S. The fraction of sp³-hybridized carbons (Fsp3) is 0.409. The lowest BCUT2D eigenvalue weighted by Crippen LogP contribution is -2.45. The fourth-order valence-corrected chi connectivity index (χ4v) is 5.35. The van der Waals surface area contributed by atoms with Gasteiger partial charge in [-0.1, -0.05) is 49.1 Å². The molecule has 0 heterocycles. The van der Waals surface area contributed by atoms with Crippen LogP contribution < -0.4 is 10.1 Å². The van der Waals surface area contributed by atoms with Crippen molar-refractivity contribution in [1.29, 1.82) is 0 Å². The monoisotopic (exact) mass is 416 g/mol. The molecule has 0 atom stereocenters. The number of hydrogen-bond acceptors (Lipinski definition) is 4.